The molecule has 16 heteroatoms. The van der Waals surface area contributed by atoms with Crippen molar-refractivity contribution in [3.8, 4) is 0 Å². The third-order valence-corrected chi connectivity index (χ3v) is 9.92. The number of carboxylic acid groups (broad SMARTS) is 1. The monoisotopic (exact) mass is 747 g/mol. The number of likely N-dealkylation sites (tertiary alicyclic amines) is 1. The highest BCUT2D eigenvalue weighted by Gasteiger charge is 2.54. The number of carbonyl (C=O) groups is 8. The van der Waals surface area contributed by atoms with Gasteiger partial charge in [0, 0.05) is 43.6 Å². The lowest BCUT2D eigenvalue weighted by Gasteiger charge is -2.33. The second-order valence-electron chi connectivity index (χ2n) is 14.5. The van der Waals surface area contributed by atoms with Gasteiger partial charge in [0.1, 0.15) is 35.6 Å². The van der Waals surface area contributed by atoms with Gasteiger partial charge in [-0.15, -0.1) is 0 Å². The maximum absolute atomic E-state index is 14.3. The molecule has 2 aliphatic rings. The molecule has 1 unspecified atom stereocenters. The molecule has 1 saturated heterocycles. The summed E-state index contributed by atoms with van der Waals surface area (Å²) in [6, 6.07) is 2.42. The first-order valence-electron chi connectivity index (χ1n) is 18.3. The maximum Gasteiger partial charge on any atom is 0.326 e. The van der Waals surface area contributed by atoms with Gasteiger partial charge in [0.25, 0.3) is 11.8 Å². The van der Waals surface area contributed by atoms with Gasteiger partial charge in [-0.25, -0.2) is 9.78 Å². The number of aromatic nitrogens is 2. The van der Waals surface area contributed by atoms with E-state index in [0.29, 0.717) is 18.4 Å². The van der Waals surface area contributed by atoms with Crippen LogP contribution in [0.15, 0.2) is 48.9 Å². The molecule has 2 fully saturated rings. The van der Waals surface area contributed by atoms with Crippen LogP contribution < -0.4 is 21.3 Å². The molecule has 0 spiro atoms. The van der Waals surface area contributed by atoms with E-state index in [2.05, 4.69) is 31.2 Å². The van der Waals surface area contributed by atoms with Gasteiger partial charge in [-0.2, -0.15) is 0 Å². The van der Waals surface area contributed by atoms with Crippen LogP contribution in [0.1, 0.15) is 76.4 Å². The number of ketones is 2. The van der Waals surface area contributed by atoms with E-state index in [9.17, 15) is 43.5 Å². The lowest BCUT2D eigenvalue weighted by molar-refractivity contribution is -0.146. The lowest BCUT2D eigenvalue weighted by Crippen LogP contribution is -2.60. The van der Waals surface area contributed by atoms with E-state index in [4.69, 9.17) is 0 Å². The summed E-state index contributed by atoms with van der Waals surface area (Å²) in [7, 11) is 0. The molecule has 1 saturated carbocycles. The Labute approximate surface area is 313 Å². The van der Waals surface area contributed by atoms with Crippen molar-refractivity contribution in [2.24, 2.45) is 23.7 Å². The summed E-state index contributed by atoms with van der Waals surface area (Å²) >= 11 is 0. The van der Waals surface area contributed by atoms with Crippen molar-refractivity contribution in [3.63, 3.8) is 0 Å². The number of benzene rings is 1. The van der Waals surface area contributed by atoms with Crippen molar-refractivity contribution in [2.45, 2.75) is 96.9 Å². The van der Waals surface area contributed by atoms with Gasteiger partial charge < -0.3 is 31.3 Å². The van der Waals surface area contributed by atoms with Gasteiger partial charge in [0.05, 0.1) is 12.2 Å². The smallest absolute Gasteiger partial charge is 0.326 e. The normalized spacial score (nSPS) is 20.0. The Kier molecular flexibility index (Phi) is 14.1. The number of nitrogens with zero attached hydrogens (tertiary/aromatic N) is 3. The van der Waals surface area contributed by atoms with E-state index < -0.39 is 95.2 Å². The number of nitrogens with one attached hydrogen (secondary N) is 4. The zero-order chi connectivity index (χ0) is 39.7. The number of amides is 5. The van der Waals surface area contributed by atoms with Crippen molar-refractivity contribution in [2.75, 3.05) is 6.54 Å². The van der Waals surface area contributed by atoms with E-state index in [-0.39, 0.29) is 37.3 Å². The van der Waals surface area contributed by atoms with Crippen LogP contribution in [0.3, 0.4) is 0 Å². The van der Waals surface area contributed by atoms with Gasteiger partial charge in [-0.3, -0.25) is 38.5 Å². The van der Waals surface area contributed by atoms with Gasteiger partial charge in [-0.1, -0.05) is 71.4 Å². The molecule has 0 bridgehead atoms. The first-order chi connectivity index (χ1) is 25.6. The summed E-state index contributed by atoms with van der Waals surface area (Å²) in [5, 5.41) is 20.1. The van der Waals surface area contributed by atoms with E-state index in [0.717, 1.165) is 0 Å². The number of hydrogen-bond donors (Lipinski definition) is 5. The number of aliphatic carboxylic acids is 1. The minimum atomic E-state index is -1.41. The largest absolute Gasteiger partial charge is 0.480 e. The molecular weight excluding hydrogens is 698 g/mol. The van der Waals surface area contributed by atoms with Crippen LogP contribution in [0.2, 0.25) is 0 Å². The van der Waals surface area contributed by atoms with E-state index in [1.807, 2.05) is 0 Å². The van der Waals surface area contributed by atoms with Crippen LogP contribution in [0, 0.1) is 23.7 Å². The predicted octanol–water partition coefficient (Wildman–Crippen LogP) is 0.844. The SMILES string of the molecule is CCCC(NC(=O)[C@@H]1[C@H]2CCC(=O)[C@H]2CN1C(=O)[C@@H](NC(=O)[C@H](NC(=O)c1cnccn1)C(C)C)C(C)C)C(=O)C(=O)N[C@@H](Cc1ccccc1)C(=O)O. The molecule has 1 aromatic carbocycles. The Morgan fingerprint density at radius 2 is 1.57 bits per heavy atom. The number of hydrogen-bond acceptors (Lipinski definition) is 10. The molecule has 4 rings (SSSR count). The molecule has 0 radical (unpaired) electrons. The fourth-order valence-electron chi connectivity index (χ4n) is 7.02. The average Bonchev–Trinajstić information content (AvgIpc) is 3.71. The molecule has 290 valence electrons. The molecule has 1 aliphatic heterocycles. The summed E-state index contributed by atoms with van der Waals surface area (Å²) in [6.45, 7) is 8.52. The molecule has 1 aromatic heterocycles. The molecule has 2 heterocycles. The Hall–Kier alpha value is -5.54. The Morgan fingerprint density at radius 3 is 2.17 bits per heavy atom. The van der Waals surface area contributed by atoms with Crippen molar-refractivity contribution >= 4 is 47.1 Å². The quantitative estimate of drug-likeness (QED) is 0.142. The number of fused-ring (bicyclic) bond motifs is 1. The Bertz CT molecular complexity index is 1720. The van der Waals surface area contributed by atoms with E-state index >= 15 is 0 Å². The van der Waals surface area contributed by atoms with Crippen LogP contribution in [0.4, 0.5) is 0 Å². The first kappa shape index (κ1) is 41.2. The fourth-order valence-corrected chi connectivity index (χ4v) is 7.02. The Morgan fingerprint density at radius 1 is 0.889 bits per heavy atom. The van der Waals surface area contributed by atoms with Gasteiger partial charge >= 0.3 is 5.97 Å². The van der Waals surface area contributed by atoms with Gasteiger partial charge in [0.15, 0.2) is 0 Å². The van der Waals surface area contributed by atoms with Crippen molar-refractivity contribution in [1.82, 2.24) is 36.1 Å². The molecule has 5 amide bonds. The Balaban J connectivity index is 1.52. The highest BCUT2D eigenvalue weighted by molar-refractivity contribution is 6.38. The van der Waals surface area contributed by atoms with E-state index in [1.165, 1.54) is 23.5 Å². The molecular formula is C38H49N7O9. The number of carbonyl (C=O) groups excluding carboxylic acids is 7. The summed E-state index contributed by atoms with van der Waals surface area (Å²) in [5.41, 5.74) is 0.630. The standard InChI is InChI=1S/C38H49N7O9/c1-6-10-25(32(47)36(51)42-26(38(53)54)17-22-11-8-7-9-12-22)41-35(50)31-23-13-14-28(46)24(23)19-45(31)37(52)30(21(4)5)44-34(49)29(20(2)3)43-33(48)27-18-39-15-16-40-27/h7-9,11-12,15-16,18,20-21,23-26,29-31H,6,10,13-14,17,19H2,1-5H3,(H,41,50)(H,42,51)(H,43,48)(H,44,49)(H,53,54)/t23-,24-,25?,26-,29+,30-,31-/m0/s1. The predicted molar refractivity (Wildman–Crippen MR) is 193 cm³/mol. The molecule has 16 nitrogen and oxygen atoms in total. The van der Waals surface area contributed by atoms with Crippen molar-refractivity contribution in [3.05, 3.63) is 60.2 Å². The van der Waals surface area contributed by atoms with E-state index in [1.54, 1.807) is 65.0 Å². The molecule has 5 N–H and O–H groups in total. The zero-order valence-electron chi connectivity index (χ0n) is 31.1. The molecule has 1 aliphatic carbocycles. The fraction of sp³-hybridized carbons (Fsp3) is 0.526. The second kappa shape index (κ2) is 18.5. The zero-order valence-corrected chi connectivity index (χ0v) is 31.1. The summed E-state index contributed by atoms with van der Waals surface area (Å²) in [5.74, 6) is -8.40. The minimum Gasteiger partial charge on any atom is -0.480 e. The van der Waals surface area contributed by atoms with Gasteiger partial charge in [0.2, 0.25) is 23.5 Å². The first-order valence-corrected chi connectivity index (χ1v) is 18.3. The third-order valence-electron chi connectivity index (χ3n) is 9.92. The van der Waals surface area contributed by atoms with Crippen molar-refractivity contribution < 1.29 is 43.5 Å². The summed E-state index contributed by atoms with van der Waals surface area (Å²) < 4.78 is 0. The number of carboxylic acids is 1. The average molecular weight is 748 g/mol. The minimum absolute atomic E-state index is 0.000733. The number of Topliss-reactive ketones (excluding diaryl/α,β-unsaturated/α-hetero) is 2. The van der Waals surface area contributed by atoms with Crippen LogP contribution in [-0.2, 0) is 40.0 Å². The van der Waals surface area contributed by atoms with Crippen LogP contribution in [0.25, 0.3) is 0 Å². The highest BCUT2D eigenvalue weighted by atomic mass is 16.4. The maximum atomic E-state index is 14.3. The topological polar surface area (TPSA) is 234 Å². The summed E-state index contributed by atoms with van der Waals surface area (Å²) in [6.07, 6.45) is 4.88. The van der Waals surface area contributed by atoms with Crippen LogP contribution >= 0.6 is 0 Å². The van der Waals surface area contributed by atoms with Crippen LogP contribution in [0.5, 0.6) is 0 Å². The second-order valence-corrected chi connectivity index (χ2v) is 14.5. The molecule has 54 heavy (non-hydrogen) atoms. The third kappa shape index (κ3) is 9.90. The molecule has 2 aromatic rings. The lowest BCUT2D eigenvalue weighted by atomic mass is 9.92. The van der Waals surface area contributed by atoms with Gasteiger partial charge in [-0.05, 0) is 30.2 Å². The summed E-state index contributed by atoms with van der Waals surface area (Å²) in [4.78, 5) is 116. The highest BCUT2D eigenvalue weighted by Crippen LogP contribution is 2.41. The van der Waals surface area contributed by atoms with Crippen molar-refractivity contribution in [1.29, 1.82) is 0 Å². The number of rotatable bonds is 17. The van der Waals surface area contributed by atoms with Crippen LogP contribution in [-0.4, -0.2) is 104 Å². The molecule has 7 atom stereocenters.